The van der Waals surface area contributed by atoms with Crippen LogP contribution in [0.25, 0.3) is 0 Å². The minimum Gasteiger partial charge on any atom is -0.352 e. The Hall–Kier alpha value is -2.63. The summed E-state index contributed by atoms with van der Waals surface area (Å²) in [5, 5.41) is 12.4. The van der Waals surface area contributed by atoms with Gasteiger partial charge in [0.05, 0.1) is 11.8 Å². The predicted octanol–water partition coefficient (Wildman–Crippen LogP) is 1.34. The molecule has 6 nitrogen and oxygen atoms in total. The Morgan fingerprint density at radius 1 is 1.30 bits per heavy atom. The number of nitrogens with one attached hydrogen (secondary N) is 3. The first-order chi connectivity index (χ1) is 11.1. The number of aromatic nitrogens is 2. The smallest absolute Gasteiger partial charge is 0.255 e. The molecule has 1 heterocycles. The van der Waals surface area contributed by atoms with E-state index in [1.54, 1.807) is 6.92 Å². The van der Waals surface area contributed by atoms with E-state index in [0.29, 0.717) is 17.7 Å². The lowest BCUT2D eigenvalue weighted by Crippen LogP contribution is -2.48. The number of rotatable bonds is 6. The van der Waals surface area contributed by atoms with E-state index in [4.69, 9.17) is 0 Å². The Morgan fingerprint density at radius 3 is 2.65 bits per heavy atom. The van der Waals surface area contributed by atoms with Crippen LogP contribution in [0.5, 0.6) is 0 Å². The summed E-state index contributed by atoms with van der Waals surface area (Å²) in [6.07, 6.45) is 3.96. The molecule has 6 heteroatoms. The van der Waals surface area contributed by atoms with Crippen LogP contribution in [-0.2, 0) is 11.2 Å². The monoisotopic (exact) mass is 312 g/mol. The highest BCUT2D eigenvalue weighted by atomic mass is 16.2. The van der Waals surface area contributed by atoms with Crippen molar-refractivity contribution in [1.29, 1.82) is 0 Å². The fourth-order valence-corrected chi connectivity index (χ4v) is 2.40. The Morgan fingerprint density at radius 2 is 2.04 bits per heavy atom. The van der Waals surface area contributed by atoms with Crippen LogP contribution >= 0.6 is 0 Å². The van der Waals surface area contributed by atoms with Crippen LogP contribution in [-0.4, -0.2) is 34.1 Å². The summed E-state index contributed by atoms with van der Waals surface area (Å²) >= 11 is 0. The summed E-state index contributed by atoms with van der Waals surface area (Å²) in [7, 11) is 0. The highest BCUT2D eigenvalue weighted by molar-refractivity contribution is 5.98. The van der Waals surface area contributed by atoms with Gasteiger partial charge >= 0.3 is 0 Å². The average molecular weight is 312 g/mol. The van der Waals surface area contributed by atoms with Crippen molar-refractivity contribution in [1.82, 2.24) is 20.8 Å². The summed E-state index contributed by atoms with van der Waals surface area (Å²) < 4.78 is 0. The van der Waals surface area contributed by atoms with Gasteiger partial charge < -0.3 is 10.6 Å². The Balaban J connectivity index is 1.72. The van der Waals surface area contributed by atoms with Crippen molar-refractivity contribution in [3.05, 3.63) is 53.3 Å². The molecule has 1 aliphatic carbocycles. The molecule has 0 saturated heterocycles. The van der Waals surface area contributed by atoms with Crippen molar-refractivity contribution < 1.29 is 9.59 Å². The normalized spacial score (nSPS) is 15.0. The standard InChI is InChI=1S/C17H20N4O2/c1-11-14(10-18-21-11)16(22)20-15(17(23)19-13-7-8-13)9-12-5-3-2-4-6-12/h2-6,10,13,15H,7-9H2,1H3,(H,18,21)(H,19,23)(H,20,22). The second kappa shape index (κ2) is 6.64. The van der Waals surface area contributed by atoms with Gasteiger partial charge in [0.1, 0.15) is 6.04 Å². The highest BCUT2D eigenvalue weighted by Crippen LogP contribution is 2.19. The summed E-state index contributed by atoms with van der Waals surface area (Å²) in [4.78, 5) is 24.8. The van der Waals surface area contributed by atoms with Gasteiger partial charge in [0.15, 0.2) is 0 Å². The van der Waals surface area contributed by atoms with E-state index in [1.165, 1.54) is 6.20 Å². The van der Waals surface area contributed by atoms with Gasteiger partial charge in [0, 0.05) is 18.2 Å². The van der Waals surface area contributed by atoms with Crippen molar-refractivity contribution in [2.24, 2.45) is 0 Å². The van der Waals surface area contributed by atoms with E-state index in [-0.39, 0.29) is 17.9 Å². The summed E-state index contributed by atoms with van der Waals surface area (Å²) in [6.45, 7) is 1.78. The third-order valence-corrected chi connectivity index (χ3v) is 3.90. The topological polar surface area (TPSA) is 86.9 Å². The molecule has 0 bridgehead atoms. The minimum absolute atomic E-state index is 0.133. The van der Waals surface area contributed by atoms with Crippen molar-refractivity contribution in [2.75, 3.05) is 0 Å². The molecular weight excluding hydrogens is 292 g/mol. The zero-order chi connectivity index (χ0) is 16.2. The van der Waals surface area contributed by atoms with E-state index < -0.39 is 6.04 Å². The van der Waals surface area contributed by atoms with Crippen LogP contribution in [0.4, 0.5) is 0 Å². The molecule has 1 fully saturated rings. The summed E-state index contributed by atoms with van der Waals surface area (Å²) in [5.74, 6) is -0.422. The molecule has 0 aliphatic heterocycles. The van der Waals surface area contributed by atoms with Crippen molar-refractivity contribution in [3.8, 4) is 0 Å². The molecule has 1 atom stereocenters. The van der Waals surface area contributed by atoms with Gasteiger partial charge in [-0.1, -0.05) is 30.3 Å². The number of carbonyl (C=O) groups excluding carboxylic acids is 2. The lowest BCUT2D eigenvalue weighted by atomic mass is 10.0. The molecule has 3 N–H and O–H groups in total. The number of benzene rings is 1. The van der Waals surface area contributed by atoms with Gasteiger partial charge in [0.25, 0.3) is 5.91 Å². The Bertz CT molecular complexity index is 692. The van der Waals surface area contributed by atoms with Gasteiger partial charge in [-0.25, -0.2) is 0 Å². The number of hydrogen-bond donors (Lipinski definition) is 3. The summed E-state index contributed by atoms with van der Waals surface area (Å²) in [6, 6.07) is 9.34. The van der Waals surface area contributed by atoms with E-state index in [1.807, 2.05) is 30.3 Å². The van der Waals surface area contributed by atoms with E-state index in [0.717, 1.165) is 18.4 Å². The fraction of sp³-hybridized carbons (Fsp3) is 0.353. The molecule has 120 valence electrons. The van der Waals surface area contributed by atoms with Crippen LogP contribution in [0, 0.1) is 6.92 Å². The highest BCUT2D eigenvalue weighted by Gasteiger charge is 2.29. The quantitative estimate of drug-likeness (QED) is 0.752. The molecule has 2 amide bonds. The van der Waals surface area contributed by atoms with E-state index in [9.17, 15) is 9.59 Å². The van der Waals surface area contributed by atoms with Crippen LogP contribution in [0.15, 0.2) is 36.5 Å². The second-order valence-corrected chi connectivity index (χ2v) is 5.91. The zero-order valence-corrected chi connectivity index (χ0v) is 13.0. The number of hydrogen-bond acceptors (Lipinski definition) is 3. The van der Waals surface area contributed by atoms with Gasteiger partial charge in [-0.2, -0.15) is 5.10 Å². The first-order valence-electron chi connectivity index (χ1n) is 7.78. The first kappa shape index (κ1) is 15.3. The molecule has 1 aromatic carbocycles. The number of aryl methyl sites for hydroxylation is 1. The molecular formula is C17H20N4O2. The molecule has 23 heavy (non-hydrogen) atoms. The van der Waals surface area contributed by atoms with Crippen LogP contribution in [0.2, 0.25) is 0 Å². The third-order valence-electron chi connectivity index (χ3n) is 3.90. The maximum atomic E-state index is 12.4. The maximum Gasteiger partial charge on any atom is 0.255 e. The Labute approximate surface area is 134 Å². The van der Waals surface area contributed by atoms with Crippen molar-refractivity contribution in [3.63, 3.8) is 0 Å². The van der Waals surface area contributed by atoms with Gasteiger partial charge in [-0.15, -0.1) is 0 Å². The average Bonchev–Trinajstić information content (AvgIpc) is 3.25. The third kappa shape index (κ3) is 3.97. The number of amides is 2. The molecule has 3 rings (SSSR count). The molecule has 1 aromatic heterocycles. The number of carbonyl (C=O) groups is 2. The zero-order valence-electron chi connectivity index (χ0n) is 13.0. The van der Waals surface area contributed by atoms with Gasteiger partial charge in [-0.3, -0.25) is 14.7 Å². The van der Waals surface area contributed by atoms with Crippen LogP contribution < -0.4 is 10.6 Å². The first-order valence-corrected chi connectivity index (χ1v) is 7.78. The lowest BCUT2D eigenvalue weighted by molar-refractivity contribution is -0.123. The maximum absolute atomic E-state index is 12.4. The van der Waals surface area contributed by atoms with E-state index in [2.05, 4.69) is 20.8 Å². The molecule has 1 saturated carbocycles. The number of nitrogens with zero attached hydrogens (tertiary/aromatic N) is 1. The Kier molecular flexibility index (Phi) is 4.41. The minimum atomic E-state index is -0.597. The molecule has 2 aromatic rings. The van der Waals surface area contributed by atoms with Gasteiger partial charge in [-0.05, 0) is 25.3 Å². The van der Waals surface area contributed by atoms with Crippen LogP contribution in [0.1, 0.15) is 34.5 Å². The molecule has 0 spiro atoms. The van der Waals surface area contributed by atoms with E-state index >= 15 is 0 Å². The SMILES string of the molecule is Cc1[nH]ncc1C(=O)NC(Cc1ccccc1)C(=O)NC1CC1. The summed E-state index contributed by atoms with van der Waals surface area (Å²) in [5.41, 5.74) is 2.15. The second-order valence-electron chi connectivity index (χ2n) is 5.91. The predicted molar refractivity (Wildman–Crippen MR) is 85.9 cm³/mol. The van der Waals surface area contributed by atoms with Crippen molar-refractivity contribution in [2.45, 2.75) is 38.3 Å². The van der Waals surface area contributed by atoms with Gasteiger partial charge in [0.2, 0.25) is 5.91 Å². The molecule has 1 unspecified atom stereocenters. The van der Waals surface area contributed by atoms with Crippen molar-refractivity contribution >= 4 is 11.8 Å². The fourth-order valence-electron chi connectivity index (χ4n) is 2.40. The number of aromatic amines is 1. The molecule has 0 radical (unpaired) electrons. The molecule has 1 aliphatic rings. The number of H-pyrrole nitrogens is 1. The largest absolute Gasteiger partial charge is 0.352 e. The lowest BCUT2D eigenvalue weighted by Gasteiger charge is -2.18. The van der Waals surface area contributed by atoms with Crippen LogP contribution in [0.3, 0.4) is 0 Å².